The average Bonchev–Trinajstić information content (AvgIpc) is 3.03. The maximum absolute atomic E-state index is 12.7. The molecule has 10 heteroatoms. The third kappa shape index (κ3) is 4.30. The van der Waals surface area contributed by atoms with Crippen LogP contribution in [0.4, 0.5) is 5.95 Å². The van der Waals surface area contributed by atoms with Gasteiger partial charge in [0, 0.05) is 11.0 Å². The van der Waals surface area contributed by atoms with Gasteiger partial charge in [0.25, 0.3) is 5.91 Å². The molecule has 0 aliphatic heterocycles. The lowest BCUT2D eigenvalue weighted by Gasteiger charge is -2.51. The number of nitrogens with zero attached hydrogens (tertiary/aromatic N) is 2. The molecule has 0 bridgehead atoms. The van der Waals surface area contributed by atoms with E-state index < -0.39 is 27.0 Å². The molecular formula is C16H27N5O4S. The fourth-order valence-corrected chi connectivity index (χ4v) is 5.11. The van der Waals surface area contributed by atoms with Crippen molar-refractivity contribution in [2.45, 2.75) is 69.3 Å². The van der Waals surface area contributed by atoms with Gasteiger partial charge in [0.05, 0.1) is 6.42 Å². The van der Waals surface area contributed by atoms with Gasteiger partial charge in [-0.1, -0.05) is 19.3 Å². The summed E-state index contributed by atoms with van der Waals surface area (Å²) in [5.41, 5.74) is 0.194. The quantitative estimate of drug-likeness (QED) is 0.359. The Morgan fingerprint density at radius 1 is 1.31 bits per heavy atom. The predicted octanol–water partition coefficient (Wildman–Crippen LogP) is 3.22. The minimum atomic E-state index is -3.18. The highest BCUT2D eigenvalue weighted by molar-refractivity contribution is 8.26. The first-order chi connectivity index (χ1) is 12.1. The number of hydrogen-bond donors (Lipinski definition) is 5. The minimum Gasteiger partial charge on any atom is -0.310 e. The molecule has 1 aromatic heterocycles. The standard InChI is InChI=1S/C16H27N5O4S/c1-10(17)9-12(22)13-18-15(21-20-13)19-14(23)16(2,3)26(24,25)11-7-5-4-6-8-11/h11,17,24-25H,4-9H2,1-3H3,(H2,18,19,20,21,23). The summed E-state index contributed by atoms with van der Waals surface area (Å²) in [5.74, 6) is -1.17. The maximum Gasteiger partial charge on any atom is 0.251 e. The zero-order chi connectivity index (χ0) is 19.5. The van der Waals surface area contributed by atoms with Crippen LogP contribution < -0.4 is 5.32 Å². The van der Waals surface area contributed by atoms with Gasteiger partial charge in [-0.05, 0) is 33.6 Å². The van der Waals surface area contributed by atoms with Gasteiger partial charge in [0.1, 0.15) is 4.75 Å². The van der Waals surface area contributed by atoms with Gasteiger partial charge >= 0.3 is 0 Å². The molecule has 1 saturated carbocycles. The van der Waals surface area contributed by atoms with Crippen molar-refractivity contribution in [1.82, 2.24) is 15.2 Å². The molecule has 1 aliphatic carbocycles. The molecule has 1 aliphatic rings. The minimum absolute atomic E-state index is 0.0522. The molecule has 0 aromatic carbocycles. The van der Waals surface area contributed by atoms with Crippen LogP contribution in [-0.4, -0.2) is 51.7 Å². The topological polar surface area (TPSA) is 152 Å². The highest BCUT2D eigenvalue weighted by Crippen LogP contribution is 2.59. The third-order valence-electron chi connectivity index (χ3n) is 4.72. The average molecular weight is 385 g/mol. The van der Waals surface area contributed by atoms with Crippen molar-refractivity contribution >= 4 is 33.9 Å². The second-order valence-electron chi connectivity index (χ2n) is 7.21. The molecular weight excluding hydrogens is 358 g/mol. The first kappa shape index (κ1) is 20.5. The van der Waals surface area contributed by atoms with E-state index in [0.29, 0.717) is 12.8 Å². The highest BCUT2D eigenvalue weighted by atomic mass is 32.3. The number of carbonyl (C=O) groups excluding carboxylic acids is 2. The Labute approximate surface area is 154 Å². The lowest BCUT2D eigenvalue weighted by Crippen LogP contribution is -2.46. The normalized spacial score (nSPS) is 17.0. The van der Waals surface area contributed by atoms with Crippen molar-refractivity contribution in [2.24, 2.45) is 0 Å². The monoisotopic (exact) mass is 385 g/mol. The number of aromatic amines is 1. The summed E-state index contributed by atoms with van der Waals surface area (Å²) in [7, 11) is -3.18. The van der Waals surface area contributed by atoms with Crippen molar-refractivity contribution in [3.8, 4) is 0 Å². The molecule has 0 saturated heterocycles. The van der Waals surface area contributed by atoms with E-state index in [0.717, 1.165) is 19.3 Å². The molecule has 26 heavy (non-hydrogen) atoms. The number of rotatable bonds is 7. The molecule has 1 fully saturated rings. The molecule has 0 atom stereocenters. The van der Waals surface area contributed by atoms with Crippen LogP contribution >= 0.6 is 10.6 Å². The fraction of sp³-hybridized carbons (Fsp3) is 0.688. The number of nitrogens with one attached hydrogen (secondary N) is 3. The van der Waals surface area contributed by atoms with Crippen molar-refractivity contribution in [3.05, 3.63) is 5.82 Å². The van der Waals surface area contributed by atoms with Gasteiger partial charge < -0.3 is 5.41 Å². The summed E-state index contributed by atoms with van der Waals surface area (Å²) in [6, 6.07) is 0. The maximum atomic E-state index is 12.7. The van der Waals surface area contributed by atoms with E-state index >= 15 is 0 Å². The van der Waals surface area contributed by atoms with Crippen LogP contribution in [0.25, 0.3) is 0 Å². The van der Waals surface area contributed by atoms with Crippen molar-refractivity contribution < 1.29 is 18.7 Å². The van der Waals surface area contributed by atoms with Crippen LogP contribution in [0.5, 0.6) is 0 Å². The number of ketones is 1. The van der Waals surface area contributed by atoms with Crippen LogP contribution in [0, 0.1) is 5.41 Å². The Kier molecular flexibility index (Phi) is 6.20. The van der Waals surface area contributed by atoms with Crippen LogP contribution in [0.2, 0.25) is 0 Å². The van der Waals surface area contributed by atoms with E-state index in [-0.39, 0.29) is 29.2 Å². The van der Waals surface area contributed by atoms with Crippen molar-refractivity contribution in [2.75, 3.05) is 5.32 Å². The first-order valence-electron chi connectivity index (χ1n) is 8.63. The first-order valence-corrected chi connectivity index (χ1v) is 10.2. The number of hydrogen-bond acceptors (Lipinski definition) is 7. The lowest BCUT2D eigenvalue weighted by molar-refractivity contribution is -0.118. The number of anilines is 1. The van der Waals surface area contributed by atoms with Crippen LogP contribution in [-0.2, 0) is 4.79 Å². The molecule has 2 rings (SSSR count). The number of Topliss-reactive ketones (excluding diaryl/α,β-unsaturated/α-hetero) is 1. The van der Waals surface area contributed by atoms with Crippen LogP contribution in [0.15, 0.2) is 0 Å². The Morgan fingerprint density at radius 3 is 2.50 bits per heavy atom. The summed E-state index contributed by atoms with van der Waals surface area (Å²) in [4.78, 5) is 28.4. The molecule has 0 spiro atoms. The van der Waals surface area contributed by atoms with Gasteiger partial charge in [0.15, 0.2) is 5.82 Å². The second-order valence-corrected chi connectivity index (χ2v) is 10.1. The van der Waals surface area contributed by atoms with Gasteiger partial charge in [-0.25, -0.2) is 0 Å². The summed E-state index contributed by atoms with van der Waals surface area (Å²) >= 11 is 0. The van der Waals surface area contributed by atoms with Crippen LogP contribution in [0.1, 0.15) is 69.9 Å². The molecule has 9 nitrogen and oxygen atoms in total. The van der Waals surface area contributed by atoms with E-state index in [4.69, 9.17) is 5.41 Å². The second kappa shape index (κ2) is 7.85. The lowest BCUT2D eigenvalue weighted by atomic mass is 10.0. The Bertz CT molecular complexity index is 695. The SMILES string of the molecule is CC(=N)CC(=O)c1nc(NC(=O)C(C)(C)S(O)(O)C2CCCCC2)n[nH]1. The molecule has 0 radical (unpaired) electrons. The number of carbonyl (C=O) groups is 2. The highest BCUT2D eigenvalue weighted by Gasteiger charge is 2.46. The van der Waals surface area contributed by atoms with Crippen LogP contribution in [0.3, 0.4) is 0 Å². The molecule has 0 unspecified atom stereocenters. The van der Waals surface area contributed by atoms with E-state index in [1.807, 2.05) is 0 Å². The van der Waals surface area contributed by atoms with E-state index in [1.54, 1.807) is 0 Å². The van der Waals surface area contributed by atoms with Gasteiger partial charge in [0.2, 0.25) is 11.7 Å². The Balaban J connectivity index is 2.09. The molecule has 5 N–H and O–H groups in total. The summed E-state index contributed by atoms with van der Waals surface area (Å²) in [6.07, 6.45) is 4.23. The summed E-state index contributed by atoms with van der Waals surface area (Å²) in [6.45, 7) is 4.52. The number of H-pyrrole nitrogens is 1. The van der Waals surface area contributed by atoms with E-state index in [1.165, 1.54) is 20.8 Å². The molecule has 1 aromatic rings. The molecule has 1 amide bonds. The largest absolute Gasteiger partial charge is 0.310 e. The van der Waals surface area contributed by atoms with Gasteiger partial charge in [-0.2, -0.15) is 15.6 Å². The molecule has 1 heterocycles. The smallest absolute Gasteiger partial charge is 0.251 e. The predicted molar refractivity (Wildman–Crippen MR) is 101 cm³/mol. The van der Waals surface area contributed by atoms with Gasteiger partial charge in [-0.3, -0.25) is 29.1 Å². The van der Waals surface area contributed by atoms with Crippen molar-refractivity contribution in [1.29, 1.82) is 5.41 Å². The Hall–Kier alpha value is -1.78. The van der Waals surface area contributed by atoms with E-state index in [2.05, 4.69) is 20.5 Å². The Morgan fingerprint density at radius 2 is 1.92 bits per heavy atom. The zero-order valence-corrected chi connectivity index (χ0v) is 16.2. The molecule has 146 valence electrons. The van der Waals surface area contributed by atoms with Crippen molar-refractivity contribution in [3.63, 3.8) is 0 Å². The number of amides is 1. The fourth-order valence-electron chi connectivity index (χ4n) is 2.97. The third-order valence-corrected chi connectivity index (χ3v) is 7.80. The summed E-state index contributed by atoms with van der Waals surface area (Å²) in [5, 5.41) is 15.7. The van der Waals surface area contributed by atoms with Gasteiger partial charge in [-0.15, -0.1) is 5.10 Å². The zero-order valence-electron chi connectivity index (χ0n) is 15.3. The summed E-state index contributed by atoms with van der Waals surface area (Å²) < 4.78 is 20.1. The van der Waals surface area contributed by atoms with E-state index in [9.17, 15) is 18.7 Å². The number of aromatic nitrogens is 3.